The third-order valence-electron chi connectivity index (χ3n) is 2.01. The van der Waals surface area contributed by atoms with E-state index in [1.54, 1.807) is 0 Å². The topological polar surface area (TPSA) is 35.2 Å². The summed E-state index contributed by atoms with van der Waals surface area (Å²) in [7, 11) is 1.01. The molecule has 1 aromatic carbocycles. The molecular formula is C9H7F6NO. The number of nitrogen functional groups attached to an aromatic ring is 1. The van der Waals surface area contributed by atoms with Crippen molar-refractivity contribution in [2.75, 3.05) is 12.8 Å². The van der Waals surface area contributed by atoms with Gasteiger partial charge in [-0.1, -0.05) is 0 Å². The van der Waals surface area contributed by atoms with Gasteiger partial charge in [-0.25, -0.2) is 0 Å². The Hall–Kier alpha value is -1.60. The van der Waals surface area contributed by atoms with E-state index in [1.165, 1.54) is 0 Å². The van der Waals surface area contributed by atoms with Gasteiger partial charge in [0, 0.05) is 0 Å². The molecule has 0 aromatic heterocycles. The van der Waals surface area contributed by atoms with Crippen molar-refractivity contribution in [1.82, 2.24) is 0 Å². The number of methoxy groups -OCH3 is 1. The number of hydrogen-bond donors (Lipinski definition) is 1. The molecule has 0 fully saturated rings. The van der Waals surface area contributed by atoms with Crippen LogP contribution in [0.2, 0.25) is 0 Å². The van der Waals surface area contributed by atoms with Gasteiger partial charge in [0.1, 0.15) is 5.75 Å². The van der Waals surface area contributed by atoms with Crippen LogP contribution in [0.15, 0.2) is 12.1 Å². The summed E-state index contributed by atoms with van der Waals surface area (Å²) in [5.41, 5.74) is 0.201. The van der Waals surface area contributed by atoms with Crippen LogP contribution in [0, 0.1) is 0 Å². The van der Waals surface area contributed by atoms with Crippen molar-refractivity contribution in [1.29, 1.82) is 0 Å². The maximum Gasteiger partial charge on any atom is 0.419 e. The van der Waals surface area contributed by atoms with E-state index in [9.17, 15) is 26.3 Å². The Morgan fingerprint density at radius 3 is 1.88 bits per heavy atom. The minimum Gasteiger partial charge on any atom is -0.495 e. The first-order valence-electron chi connectivity index (χ1n) is 4.20. The van der Waals surface area contributed by atoms with Gasteiger partial charge in [-0.15, -0.1) is 0 Å². The lowest BCUT2D eigenvalue weighted by molar-refractivity contribution is -0.161. The summed E-state index contributed by atoms with van der Waals surface area (Å²) >= 11 is 0. The van der Waals surface area contributed by atoms with Crippen LogP contribution in [0.25, 0.3) is 0 Å². The average molecular weight is 259 g/mol. The molecule has 0 spiro atoms. The maximum atomic E-state index is 12.5. The van der Waals surface area contributed by atoms with Gasteiger partial charge in [-0.05, 0) is 12.1 Å². The minimum atomic E-state index is -5.20. The maximum absolute atomic E-state index is 12.5. The van der Waals surface area contributed by atoms with Crippen LogP contribution >= 0.6 is 0 Å². The Labute approximate surface area is 92.0 Å². The van der Waals surface area contributed by atoms with Crippen LogP contribution in [0.3, 0.4) is 0 Å². The second-order valence-corrected chi connectivity index (χ2v) is 3.10. The van der Waals surface area contributed by atoms with Gasteiger partial charge >= 0.3 is 12.4 Å². The largest absolute Gasteiger partial charge is 0.495 e. The first-order valence-corrected chi connectivity index (χ1v) is 4.20. The molecular weight excluding hydrogens is 252 g/mol. The van der Waals surface area contributed by atoms with E-state index in [0.29, 0.717) is 0 Å². The van der Waals surface area contributed by atoms with E-state index in [0.717, 1.165) is 13.2 Å². The van der Waals surface area contributed by atoms with Gasteiger partial charge in [0.05, 0.1) is 23.9 Å². The zero-order valence-corrected chi connectivity index (χ0v) is 8.41. The van der Waals surface area contributed by atoms with Gasteiger partial charge in [0.25, 0.3) is 0 Å². The Morgan fingerprint density at radius 2 is 1.53 bits per heavy atom. The number of benzene rings is 1. The summed E-state index contributed by atoms with van der Waals surface area (Å²) in [6, 6.07) is 1.03. The fraction of sp³-hybridized carbons (Fsp3) is 0.333. The van der Waals surface area contributed by atoms with Crippen LogP contribution in [0.5, 0.6) is 5.75 Å². The quantitative estimate of drug-likeness (QED) is 0.620. The second-order valence-electron chi connectivity index (χ2n) is 3.10. The average Bonchev–Trinajstić information content (AvgIpc) is 2.13. The monoisotopic (exact) mass is 259 g/mol. The zero-order chi connectivity index (χ0) is 13.4. The number of nitrogens with two attached hydrogens (primary N) is 1. The fourth-order valence-corrected chi connectivity index (χ4v) is 1.32. The number of alkyl halides is 6. The summed E-state index contributed by atoms with van der Waals surface area (Å²) in [5, 5.41) is 0. The molecule has 8 heteroatoms. The Bertz CT molecular complexity index is 423. The number of ether oxygens (including phenoxy) is 1. The molecule has 0 radical (unpaired) electrons. The smallest absolute Gasteiger partial charge is 0.419 e. The minimum absolute atomic E-state index is 0.290. The molecule has 0 amide bonds. The van der Waals surface area contributed by atoms with Crippen LogP contribution in [-0.2, 0) is 12.4 Å². The first kappa shape index (κ1) is 13.5. The Kier molecular flexibility index (Phi) is 3.17. The summed E-state index contributed by atoms with van der Waals surface area (Å²) in [6.07, 6.45) is -10.3. The van der Waals surface area contributed by atoms with Crippen molar-refractivity contribution in [3.05, 3.63) is 23.3 Å². The highest BCUT2D eigenvalue weighted by atomic mass is 19.4. The number of halogens is 6. The third kappa shape index (κ3) is 2.56. The lowest BCUT2D eigenvalue weighted by Crippen LogP contribution is -2.19. The molecule has 0 atom stereocenters. The molecule has 0 aliphatic rings. The normalized spacial score (nSPS) is 12.6. The highest BCUT2D eigenvalue weighted by molar-refractivity contribution is 5.63. The van der Waals surface area contributed by atoms with E-state index >= 15 is 0 Å². The number of rotatable bonds is 1. The highest BCUT2D eigenvalue weighted by Crippen LogP contribution is 2.45. The van der Waals surface area contributed by atoms with Gasteiger partial charge in [-0.3, -0.25) is 0 Å². The van der Waals surface area contributed by atoms with Crippen LogP contribution in [0.1, 0.15) is 11.1 Å². The zero-order valence-electron chi connectivity index (χ0n) is 8.41. The SMILES string of the molecule is COc1ccc(C(F)(F)F)c(C(F)(F)F)c1N. The van der Waals surface area contributed by atoms with Crippen molar-refractivity contribution in [3.8, 4) is 5.75 Å². The molecule has 0 aliphatic carbocycles. The van der Waals surface area contributed by atoms with Crippen molar-refractivity contribution < 1.29 is 31.1 Å². The predicted molar refractivity (Wildman–Crippen MR) is 47.4 cm³/mol. The summed E-state index contributed by atoms with van der Waals surface area (Å²) < 4.78 is 79.2. The Morgan fingerprint density at radius 1 is 1.00 bits per heavy atom. The van der Waals surface area contributed by atoms with Crippen molar-refractivity contribution >= 4 is 5.69 Å². The van der Waals surface area contributed by atoms with Crippen molar-refractivity contribution in [3.63, 3.8) is 0 Å². The molecule has 0 bridgehead atoms. The van der Waals surface area contributed by atoms with E-state index in [4.69, 9.17) is 5.73 Å². The van der Waals surface area contributed by atoms with Crippen molar-refractivity contribution in [2.24, 2.45) is 0 Å². The molecule has 0 saturated heterocycles. The molecule has 0 heterocycles. The van der Waals surface area contributed by atoms with Gasteiger partial charge in [-0.2, -0.15) is 26.3 Å². The van der Waals surface area contributed by atoms with Gasteiger partial charge in [0.15, 0.2) is 0 Å². The molecule has 1 rings (SSSR count). The molecule has 96 valence electrons. The number of anilines is 1. The standard InChI is InChI=1S/C9H7F6NO/c1-17-5-3-2-4(8(10,11)12)6(7(5)16)9(13,14)15/h2-3H,16H2,1H3. The molecule has 0 saturated carbocycles. The fourth-order valence-electron chi connectivity index (χ4n) is 1.32. The summed E-state index contributed by atoms with van der Waals surface area (Å²) in [6.45, 7) is 0. The molecule has 17 heavy (non-hydrogen) atoms. The summed E-state index contributed by atoms with van der Waals surface area (Å²) in [5.74, 6) is -0.453. The van der Waals surface area contributed by atoms with Crippen LogP contribution in [-0.4, -0.2) is 7.11 Å². The lowest BCUT2D eigenvalue weighted by atomic mass is 10.0. The number of hydrogen-bond acceptors (Lipinski definition) is 2. The predicted octanol–water partition coefficient (Wildman–Crippen LogP) is 3.32. The molecule has 0 aliphatic heterocycles. The van der Waals surface area contributed by atoms with E-state index in [1.807, 2.05) is 0 Å². The van der Waals surface area contributed by atoms with E-state index < -0.39 is 34.9 Å². The molecule has 2 N–H and O–H groups in total. The second kappa shape index (κ2) is 4.01. The lowest BCUT2D eigenvalue weighted by Gasteiger charge is -2.18. The highest BCUT2D eigenvalue weighted by Gasteiger charge is 2.45. The molecule has 0 unspecified atom stereocenters. The van der Waals surface area contributed by atoms with Crippen LogP contribution in [0.4, 0.5) is 32.0 Å². The van der Waals surface area contributed by atoms with Gasteiger partial charge in [0.2, 0.25) is 0 Å². The van der Waals surface area contributed by atoms with E-state index in [-0.39, 0.29) is 6.07 Å². The van der Waals surface area contributed by atoms with Crippen molar-refractivity contribution in [2.45, 2.75) is 12.4 Å². The Balaban J connectivity index is 3.59. The first-order chi connectivity index (χ1) is 7.59. The van der Waals surface area contributed by atoms with E-state index in [2.05, 4.69) is 4.74 Å². The molecule has 2 nitrogen and oxygen atoms in total. The third-order valence-corrected chi connectivity index (χ3v) is 2.01. The molecule has 1 aromatic rings. The van der Waals surface area contributed by atoms with Gasteiger partial charge < -0.3 is 10.5 Å². The van der Waals surface area contributed by atoms with Crippen LogP contribution < -0.4 is 10.5 Å². The summed E-state index contributed by atoms with van der Waals surface area (Å²) in [4.78, 5) is 0.